The number of carbonyl (C=O) groups excluding carboxylic acids is 1. The molecule has 2 saturated heterocycles. The van der Waals surface area contributed by atoms with Crippen LogP contribution in [0.5, 0.6) is 0 Å². The van der Waals surface area contributed by atoms with Crippen LogP contribution in [0.4, 0.5) is 0 Å². The summed E-state index contributed by atoms with van der Waals surface area (Å²) in [6.45, 7) is 5.91. The first kappa shape index (κ1) is 16.3. The van der Waals surface area contributed by atoms with Crippen LogP contribution in [0, 0.1) is 0 Å². The largest absolute Gasteiger partial charge is 0.480 e. The van der Waals surface area contributed by atoms with Crippen LogP contribution in [0.15, 0.2) is 0 Å². The van der Waals surface area contributed by atoms with E-state index in [4.69, 9.17) is 0 Å². The molecule has 2 heterocycles. The van der Waals surface area contributed by atoms with E-state index in [1.807, 2.05) is 16.7 Å². The number of rotatable bonds is 5. The van der Waals surface area contributed by atoms with Crippen LogP contribution in [0.1, 0.15) is 58.8 Å². The summed E-state index contributed by atoms with van der Waals surface area (Å²) in [6.07, 6.45) is 6.31. The molecule has 0 spiro atoms. The van der Waals surface area contributed by atoms with Crippen molar-refractivity contribution in [2.45, 2.75) is 70.4 Å². The van der Waals surface area contributed by atoms with E-state index >= 15 is 0 Å². The molecular weight excluding hydrogens is 268 g/mol. The Morgan fingerprint density at radius 1 is 1.24 bits per heavy atom. The maximum atomic E-state index is 12.6. The Morgan fingerprint density at radius 3 is 2.62 bits per heavy atom. The third-order valence-electron chi connectivity index (χ3n) is 5.13. The maximum absolute atomic E-state index is 12.6. The zero-order chi connectivity index (χ0) is 15.5. The van der Waals surface area contributed by atoms with Crippen molar-refractivity contribution in [1.82, 2.24) is 9.80 Å². The van der Waals surface area contributed by atoms with Crippen molar-refractivity contribution in [3.05, 3.63) is 0 Å². The molecule has 0 radical (unpaired) electrons. The van der Waals surface area contributed by atoms with Gasteiger partial charge in [0, 0.05) is 12.6 Å². The Balaban J connectivity index is 2.06. The van der Waals surface area contributed by atoms with Crippen LogP contribution in [0.2, 0.25) is 0 Å². The molecule has 2 atom stereocenters. The molecule has 2 unspecified atom stereocenters. The lowest BCUT2D eigenvalue weighted by Gasteiger charge is -2.38. The lowest BCUT2D eigenvalue weighted by molar-refractivity contribution is -0.152. The second kappa shape index (κ2) is 6.77. The lowest BCUT2D eigenvalue weighted by Crippen LogP contribution is -2.55. The predicted octanol–water partition coefficient (Wildman–Crippen LogP) is 2.11. The highest BCUT2D eigenvalue weighted by molar-refractivity contribution is 5.83. The Bertz CT molecular complexity index is 399. The van der Waals surface area contributed by atoms with Gasteiger partial charge < -0.3 is 10.0 Å². The van der Waals surface area contributed by atoms with E-state index in [0.29, 0.717) is 18.9 Å². The van der Waals surface area contributed by atoms with Crippen LogP contribution >= 0.6 is 0 Å². The number of carboxylic acids is 1. The van der Waals surface area contributed by atoms with Gasteiger partial charge in [0.05, 0.1) is 6.54 Å². The molecule has 1 N–H and O–H groups in total. The molecule has 2 aliphatic heterocycles. The van der Waals surface area contributed by atoms with E-state index in [0.717, 1.165) is 38.8 Å². The van der Waals surface area contributed by atoms with E-state index in [9.17, 15) is 14.7 Å². The van der Waals surface area contributed by atoms with Gasteiger partial charge in [-0.1, -0.05) is 13.3 Å². The number of amides is 1. The van der Waals surface area contributed by atoms with Gasteiger partial charge in [-0.25, -0.2) is 0 Å². The van der Waals surface area contributed by atoms with Gasteiger partial charge in [-0.2, -0.15) is 0 Å². The Kier molecular flexibility index (Phi) is 5.25. The lowest BCUT2D eigenvalue weighted by atomic mass is 9.90. The zero-order valence-electron chi connectivity index (χ0n) is 13.3. The number of piperidine rings is 1. The number of likely N-dealkylation sites (tertiary alicyclic amines) is 2. The standard InChI is InChI=1S/C16H28N2O3/c1-3-8-16(15(20)21)9-6-10-17(16)12-14(19)18-11-5-4-7-13(18)2/h13H,3-12H2,1-2H3,(H,20,21). The predicted molar refractivity (Wildman–Crippen MR) is 81.1 cm³/mol. The monoisotopic (exact) mass is 296 g/mol. The maximum Gasteiger partial charge on any atom is 0.324 e. The van der Waals surface area contributed by atoms with Gasteiger partial charge in [-0.05, 0) is 52.0 Å². The second-order valence-corrected chi connectivity index (χ2v) is 6.54. The molecule has 0 aromatic carbocycles. The third-order valence-corrected chi connectivity index (χ3v) is 5.13. The zero-order valence-corrected chi connectivity index (χ0v) is 13.3. The first-order chi connectivity index (χ1) is 10.0. The quantitative estimate of drug-likeness (QED) is 0.844. The van der Waals surface area contributed by atoms with E-state index in [1.165, 1.54) is 6.42 Å². The summed E-state index contributed by atoms with van der Waals surface area (Å²) in [5.74, 6) is -0.660. The summed E-state index contributed by atoms with van der Waals surface area (Å²) >= 11 is 0. The number of nitrogens with zero attached hydrogens (tertiary/aromatic N) is 2. The molecule has 5 nitrogen and oxygen atoms in total. The highest BCUT2D eigenvalue weighted by Gasteiger charge is 2.47. The van der Waals surface area contributed by atoms with E-state index < -0.39 is 11.5 Å². The fourth-order valence-corrected chi connectivity index (χ4v) is 3.93. The van der Waals surface area contributed by atoms with Crippen molar-refractivity contribution in [3.63, 3.8) is 0 Å². The summed E-state index contributed by atoms with van der Waals surface area (Å²) < 4.78 is 0. The molecule has 0 aromatic heterocycles. The number of carbonyl (C=O) groups is 2. The fourth-order valence-electron chi connectivity index (χ4n) is 3.93. The van der Waals surface area contributed by atoms with Crippen molar-refractivity contribution in [2.24, 2.45) is 0 Å². The minimum absolute atomic E-state index is 0.103. The highest BCUT2D eigenvalue weighted by Crippen LogP contribution is 2.34. The van der Waals surface area contributed by atoms with Gasteiger partial charge in [-0.15, -0.1) is 0 Å². The van der Waals surface area contributed by atoms with Gasteiger partial charge in [0.2, 0.25) is 5.91 Å². The third kappa shape index (κ3) is 3.23. The molecule has 21 heavy (non-hydrogen) atoms. The first-order valence-corrected chi connectivity index (χ1v) is 8.29. The number of hydrogen-bond donors (Lipinski definition) is 1. The smallest absolute Gasteiger partial charge is 0.324 e. The van der Waals surface area contributed by atoms with Crippen LogP contribution in [0.25, 0.3) is 0 Å². The minimum atomic E-state index is -0.816. The van der Waals surface area contributed by atoms with Gasteiger partial charge in [0.1, 0.15) is 5.54 Å². The van der Waals surface area contributed by atoms with Gasteiger partial charge in [-0.3, -0.25) is 14.5 Å². The molecule has 0 aliphatic carbocycles. The van der Waals surface area contributed by atoms with Crippen LogP contribution < -0.4 is 0 Å². The van der Waals surface area contributed by atoms with Crippen molar-refractivity contribution >= 4 is 11.9 Å². The molecule has 0 bridgehead atoms. The SMILES string of the molecule is CCCC1(C(=O)O)CCCN1CC(=O)N1CCCCC1C. The van der Waals surface area contributed by atoms with E-state index in [2.05, 4.69) is 6.92 Å². The average Bonchev–Trinajstić information content (AvgIpc) is 2.84. The Morgan fingerprint density at radius 2 is 2.00 bits per heavy atom. The second-order valence-electron chi connectivity index (χ2n) is 6.54. The summed E-state index contributed by atoms with van der Waals surface area (Å²) in [6, 6.07) is 0.291. The average molecular weight is 296 g/mol. The van der Waals surface area contributed by atoms with E-state index in [-0.39, 0.29) is 12.5 Å². The van der Waals surface area contributed by atoms with Crippen LogP contribution in [-0.2, 0) is 9.59 Å². The fraction of sp³-hybridized carbons (Fsp3) is 0.875. The van der Waals surface area contributed by atoms with Crippen molar-refractivity contribution in [2.75, 3.05) is 19.6 Å². The number of hydrogen-bond acceptors (Lipinski definition) is 3. The highest BCUT2D eigenvalue weighted by atomic mass is 16.4. The molecular formula is C16H28N2O3. The molecule has 2 rings (SSSR count). The normalized spacial score (nSPS) is 30.6. The molecule has 2 aliphatic rings. The molecule has 5 heteroatoms. The van der Waals surface area contributed by atoms with E-state index in [1.54, 1.807) is 0 Å². The topological polar surface area (TPSA) is 60.9 Å². The number of aliphatic carboxylic acids is 1. The van der Waals surface area contributed by atoms with Crippen molar-refractivity contribution < 1.29 is 14.7 Å². The molecule has 0 saturated carbocycles. The summed E-state index contributed by atoms with van der Waals surface area (Å²) in [5, 5.41) is 9.67. The van der Waals surface area contributed by atoms with Crippen LogP contribution in [-0.4, -0.2) is 58.0 Å². The molecule has 2 fully saturated rings. The molecule has 1 amide bonds. The van der Waals surface area contributed by atoms with Gasteiger partial charge in [0.15, 0.2) is 0 Å². The summed E-state index contributed by atoms with van der Waals surface area (Å²) in [7, 11) is 0. The van der Waals surface area contributed by atoms with Crippen molar-refractivity contribution in [3.8, 4) is 0 Å². The number of carboxylic acid groups (broad SMARTS) is 1. The summed E-state index contributed by atoms with van der Waals surface area (Å²) in [5.41, 5.74) is -0.816. The van der Waals surface area contributed by atoms with Crippen LogP contribution in [0.3, 0.4) is 0 Å². The van der Waals surface area contributed by atoms with Crippen molar-refractivity contribution in [1.29, 1.82) is 0 Å². The van der Waals surface area contributed by atoms with Gasteiger partial charge >= 0.3 is 5.97 Å². The molecule has 0 aromatic rings. The summed E-state index contributed by atoms with van der Waals surface area (Å²) in [4.78, 5) is 28.2. The first-order valence-electron chi connectivity index (χ1n) is 8.29. The molecule has 120 valence electrons. The minimum Gasteiger partial charge on any atom is -0.480 e. The Labute approximate surface area is 127 Å². The van der Waals surface area contributed by atoms with Gasteiger partial charge in [0.25, 0.3) is 0 Å². The Hall–Kier alpha value is -1.10.